The van der Waals surface area contributed by atoms with Crippen LogP contribution in [0.25, 0.3) is 0 Å². The van der Waals surface area contributed by atoms with Crippen LogP contribution in [-0.4, -0.2) is 40.9 Å². The van der Waals surface area contributed by atoms with Crippen molar-refractivity contribution < 1.29 is 18.3 Å². The van der Waals surface area contributed by atoms with Crippen molar-refractivity contribution in [1.29, 1.82) is 5.26 Å². The zero-order valence-electron chi connectivity index (χ0n) is 9.57. The first-order valence-corrected chi connectivity index (χ1v) is 5.04. The number of aliphatic hydroxyl groups is 1. The number of nitriles is 1. The van der Waals surface area contributed by atoms with Gasteiger partial charge in [0.15, 0.2) is 0 Å². The molecule has 0 fully saturated rings. The van der Waals surface area contributed by atoms with E-state index in [-0.39, 0.29) is 18.2 Å². The molecule has 0 atom stereocenters. The second-order valence-electron chi connectivity index (χ2n) is 3.57. The number of nitrogens with zero attached hydrogens (tertiary/aromatic N) is 4. The summed E-state index contributed by atoms with van der Waals surface area (Å²) in [6.07, 6.45) is -4.44. The highest BCUT2D eigenvalue weighted by atomic mass is 19.4. The second kappa shape index (κ2) is 5.64. The molecule has 1 aromatic heterocycles. The molecule has 0 unspecified atom stereocenters. The average Bonchev–Trinajstić information content (AvgIpc) is 2.26. The van der Waals surface area contributed by atoms with Crippen LogP contribution >= 0.6 is 0 Å². The number of alkyl halides is 3. The Morgan fingerprint density at radius 2 is 2.11 bits per heavy atom. The second-order valence-corrected chi connectivity index (χ2v) is 3.57. The fourth-order valence-electron chi connectivity index (χ4n) is 1.34. The van der Waals surface area contributed by atoms with Crippen LogP contribution in [0.4, 0.5) is 19.1 Å². The number of hydrogen-bond acceptors (Lipinski definition) is 5. The van der Waals surface area contributed by atoms with Crippen LogP contribution in [-0.2, 0) is 0 Å². The van der Waals surface area contributed by atoms with Crippen LogP contribution in [0.3, 0.4) is 0 Å². The Morgan fingerprint density at radius 3 is 2.61 bits per heavy atom. The lowest BCUT2D eigenvalue weighted by atomic mass is 10.3. The van der Waals surface area contributed by atoms with E-state index in [1.54, 1.807) is 13.0 Å². The van der Waals surface area contributed by atoms with Crippen molar-refractivity contribution in [2.45, 2.75) is 13.1 Å². The van der Waals surface area contributed by atoms with E-state index in [0.717, 1.165) is 4.90 Å². The van der Waals surface area contributed by atoms with Crippen molar-refractivity contribution in [3.05, 3.63) is 17.5 Å². The first-order chi connectivity index (χ1) is 8.35. The topological polar surface area (TPSA) is 73.0 Å². The fraction of sp³-hybridized carbons (Fsp3) is 0.500. The molecule has 0 aliphatic rings. The molecule has 0 aliphatic carbocycles. The van der Waals surface area contributed by atoms with Crippen LogP contribution in [0.5, 0.6) is 0 Å². The van der Waals surface area contributed by atoms with Gasteiger partial charge in [-0.05, 0) is 13.0 Å². The molecule has 18 heavy (non-hydrogen) atoms. The SMILES string of the molecule is Cc1cc(C#N)nc(N(CCO)CC(F)(F)F)n1. The number of hydrogen-bond donors (Lipinski definition) is 1. The Bertz CT molecular complexity index is 455. The maximum Gasteiger partial charge on any atom is 0.406 e. The van der Waals surface area contributed by atoms with E-state index in [2.05, 4.69) is 9.97 Å². The molecular formula is C10H11F3N4O. The third kappa shape index (κ3) is 4.18. The van der Waals surface area contributed by atoms with Gasteiger partial charge < -0.3 is 10.0 Å². The van der Waals surface area contributed by atoms with Gasteiger partial charge in [-0.1, -0.05) is 0 Å². The summed E-state index contributed by atoms with van der Waals surface area (Å²) in [6.45, 7) is -0.443. The minimum Gasteiger partial charge on any atom is -0.395 e. The van der Waals surface area contributed by atoms with Crippen molar-refractivity contribution in [2.75, 3.05) is 24.6 Å². The molecule has 5 nitrogen and oxygen atoms in total. The number of anilines is 1. The molecular weight excluding hydrogens is 249 g/mol. The van der Waals surface area contributed by atoms with Gasteiger partial charge in [-0.15, -0.1) is 0 Å². The zero-order valence-corrected chi connectivity index (χ0v) is 9.57. The van der Waals surface area contributed by atoms with Crippen molar-refractivity contribution in [3.8, 4) is 6.07 Å². The van der Waals surface area contributed by atoms with Gasteiger partial charge in [0.2, 0.25) is 5.95 Å². The smallest absolute Gasteiger partial charge is 0.395 e. The van der Waals surface area contributed by atoms with Gasteiger partial charge in [-0.2, -0.15) is 18.4 Å². The first-order valence-electron chi connectivity index (χ1n) is 5.04. The highest BCUT2D eigenvalue weighted by molar-refractivity contribution is 5.36. The van der Waals surface area contributed by atoms with Gasteiger partial charge in [0.1, 0.15) is 18.3 Å². The number of halogens is 3. The molecule has 0 aliphatic heterocycles. The summed E-state index contributed by atoms with van der Waals surface area (Å²) < 4.78 is 37.1. The molecule has 0 aromatic carbocycles. The predicted molar refractivity (Wildman–Crippen MR) is 56.8 cm³/mol. The Kier molecular flexibility index (Phi) is 4.44. The van der Waals surface area contributed by atoms with Crippen LogP contribution in [0.1, 0.15) is 11.4 Å². The summed E-state index contributed by atoms with van der Waals surface area (Å²) in [5.41, 5.74) is 0.379. The molecule has 1 N–H and O–H groups in total. The van der Waals surface area contributed by atoms with Gasteiger partial charge in [-0.25, -0.2) is 9.97 Å². The van der Waals surface area contributed by atoms with E-state index in [0.29, 0.717) is 5.69 Å². The van der Waals surface area contributed by atoms with E-state index in [4.69, 9.17) is 10.4 Å². The summed E-state index contributed by atoms with van der Waals surface area (Å²) >= 11 is 0. The summed E-state index contributed by atoms with van der Waals surface area (Å²) in [7, 11) is 0. The van der Waals surface area contributed by atoms with Gasteiger partial charge in [0.25, 0.3) is 0 Å². The summed E-state index contributed by atoms with van der Waals surface area (Å²) in [6, 6.07) is 3.12. The molecule has 1 heterocycles. The van der Waals surface area contributed by atoms with Crippen LogP contribution < -0.4 is 4.90 Å². The van der Waals surface area contributed by atoms with Crippen LogP contribution in [0, 0.1) is 18.3 Å². The van der Waals surface area contributed by atoms with E-state index >= 15 is 0 Å². The Labute approximate surface area is 102 Å². The van der Waals surface area contributed by atoms with Crippen molar-refractivity contribution in [1.82, 2.24) is 9.97 Å². The number of aryl methyl sites for hydroxylation is 1. The Hall–Kier alpha value is -1.88. The molecule has 8 heteroatoms. The summed E-state index contributed by atoms with van der Waals surface area (Å²) in [4.78, 5) is 8.32. The largest absolute Gasteiger partial charge is 0.406 e. The number of aromatic nitrogens is 2. The van der Waals surface area contributed by atoms with E-state index in [1.165, 1.54) is 6.07 Å². The fourth-order valence-corrected chi connectivity index (χ4v) is 1.34. The van der Waals surface area contributed by atoms with Crippen molar-refractivity contribution >= 4 is 5.95 Å². The average molecular weight is 260 g/mol. The highest BCUT2D eigenvalue weighted by Gasteiger charge is 2.31. The molecule has 1 aromatic rings. The zero-order chi connectivity index (χ0) is 13.8. The number of aliphatic hydroxyl groups excluding tert-OH is 1. The lowest BCUT2D eigenvalue weighted by Crippen LogP contribution is -2.37. The number of rotatable bonds is 4. The molecule has 0 radical (unpaired) electrons. The quantitative estimate of drug-likeness (QED) is 0.874. The standard InChI is InChI=1S/C10H11F3N4O/c1-7-4-8(5-14)16-9(15-7)17(2-3-18)6-10(11,12)13/h4,18H,2-3,6H2,1H3. The van der Waals surface area contributed by atoms with E-state index < -0.39 is 19.3 Å². The molecule has 0 saturated carbocycles. The Balaban J connectivity index is 3.05. The molecule has 0 saturated heterocycles. The monoisotopic (exact) mass is 260 g/mol. The molecule has 0 spiro atoms. The van der Waals surface area contributed by atoms with Crippen molar-refractivity contribution in [2.24, 2.45) is 0 Å². The van der Waals surface area contributed by atoms with Gasteiger partial charge in [0.05, 0.1) is 6.61 Å². The molecule has 98 valence electrons. The van der Waals surface area contributed by atoms with Gasteiger partial charge in [-0.3, -0.25) is 0 Å². The maximum atomic E-state index is 12.4. The Morgan fingerprint density at radius 1 is 1.44 bits per heavy atom. The third-order valence-corrected chi connectivity index (χ3v) is 1.98. The first kappa shape index (κ1) is 14.2. The summed E-state index contributed by atoms with van der Waals surface area (Å²) in [5.74, 6) is -0.210. The normalized spacial score (nSPS) is 11.1. The minimum absolute atomic E-state index is 0.0115. The predicted octanol–water partition coefficient (Wildman–Crippen LogP) is 1.02. The van der Waals surface area contributed by atoms with Crippen LogP contribution in [0.2, 0.25) is 0 Å². The van der Waals surface area contributed by atoms with E-state index in [1.807, 2.05) is 0 Å². The van der Waals surface area contributed by atoms with Gasteiger partial charge >= 0.3 is 6.18 Å². The van der Waals surface area contributed by atoms with E-state index in [9.17, 15) is 13.2 Å². The highest BCUT2D eigenvalue weighted by Crippen LogP contribution is 2.19. The lowest BCUT2D eigenvalue weighted by molar-refractivity contribution is -0.120. The molecule has 0 amide bonds. The molecule has 0 bridgehead atoms. The maximum absolute atomic E-state index is 12.4. The lowest BCUT2D eigenvalue weighted by Gasteiger charge is -2.23. The van der Waals surface area contributed by atoms with Crippen LogP contribution in [0.15, 0.2) is 6.07 Å². The van der Waals surface area contributed by atoms with Crippen molar-refractivity contribution in [3.63, 3.8) is 0 Å². The summed E-state index contributed by atoms with van der Waals surface area (Å²) in [5, 5.41) is 17.5. The minimum atomic E-state index is -4.44. The molecule has 1 rings (SSSR count). The van der Waals surface area contributed by atoms with Gasteiger partial charge in [0, 0.05) is 12.2 Å². The third-order valence-electron chi connectivity index (χ3n) is 1.98.